The Morgan fingerprint density at radius 2 is 1.60 bits per heavy atom. The molecule has 2 rings (SSSR count). The van der Waals surface area contributed by atoms with Crippen molar-refractivity contribution in [3.05, 3.63) is 58.7 Å². The molecule has 0 heterocycles. The number of carboxylic acid groups (broad SMARTS) is 1. The first-order valence-corrected chi connectivity index (χ1v) is 8.70. The van der Waals surface area contributed by atoms with Gasteiger partial charge in [-0.15, -0.1) is 0 Å². The summed E-state index contributed by atoms with van der Waals surface area (Å²) >= 11 is 0. The molecule has 0 spiro atoms. The van der Waals surface area contributed by atoms with Crippen molar-refractivity contribution >= 4 is 27.6 Å². The average molecular weight is 363 g/mol. The van der Waals surface area contributed by atoms with Gasteiger partial charge in [-0.05, 0) is 49.2 Å². The molecular weight excluding hydrogens is 346 g/mol. The normalized spacial score (nSPS) is 11.0. The van der Waals surface area contributed by atoms with E-state index in [1.807, 2.05) is 0 Å². The van der Waals surface area contributed by atoms with Gasteiger partial charge in [0.05, 0.1) is 28.8 Å². The van der Waals surface area contributed by atoms with Gasteiger partial charge in [-0.1, -0.05) is 12.1 Å². The van der Waals surface area contributed by atoms with E-state index in [0.717, 1.165) is 6.07 Å². The van der Waals surface area contributed by atoms with Crippen molar-refractivity contribution in [1.29, 1.82) is 0 Å². The number of rotatable bonds is 5. The van der Waals surface area contributed by atoms with Crippen LogP contribution in [0.5, 0.6) is 0 Å². The highest BCUT2D eigenvalue weighted by Gasteiger charge is 2.20. The highest BCUT2D eigenvalue weighted by molar-refractivity contribution is 7.92. The van der Waals surface area contributed by atoms with Gasteiger partial charge >= 0.3 is 11.9 Å². The summed E-state index contributed by atoms with van der Waals surface area (Å²) < 4.78 is 32.4. The number of sulfonamides is 1. The molecule has 8 heteroatoms. The number of hydrogen-bond donors (Lipinski definition) is 2. The van der Waals surface area contributed by atoms with Crippen LogP contribution in [0.3, 0.4) is 0 Å². The first-order valence-electron chi connectivity index (χ1n) is 7.21. The van der Waals surface area contributed by atoms with Crippen LogP contribution in [0.4, 0.5) is 5.69 Å². The Balaban J connectivity index is 2.48. The molecule has 0 atom stereocenters. The molecule has 0 aliphatic rings. The Bertz CT molecular complexity index is 950. The van der Waals surface area contributed by atoms with Crippen LogP contribution in [0.25, 0.3) is 0 Å². The van der Waals surface area contributed by atoms with Gasteiger partial charge in [0.25, 0.3) is 10.0 Å². The van der Waals surface area contributed by atoms with E-state index < -0.39 is 22.0 Å². The largest absolute Gasteiger partial charge is 0.478 e. The Morgan fingerprint density at radius 3 is 2.20 bits per heavy atom. The van der Waals surface area contributed by atoms with Crippen molar-refractivity contribution in [1.82, 2.24) is 0 Å². The molecule has 0 bridgehead atoms. The number of anilines is 1. The van der Waals surface area contributed by atoms with E-state index in [2.05, 4.69) is 9.46 Å². The first-order chi connectivity index (χ1) is 11.7. The summed E-state index contributed by atoms with van der Waals surface area (Å²) in [5, 5.41) is 9.06. The lowest BCUT2D eigenvalue weighted by atomic mass is 10.1. The lowest BCUT2D eigenvalue weighted by Crippen LogP contribution is -2.16. The smallest absolute Gasteiger partial charge is 0.337 e. The highest BCUT2D eigenvalue weighted by atomic mass is 32.2. The van der Waals surface area contributed by atoms with Gasteiger partial charge in [0.2, 0.25) is 0 Å². The lowest BCUT2D eigenvalue weighted by Gasteiger charge is -2.14. The van der Waals surface area contributed by atoms with Crippen LogP contribution in [0.2, 0.25) is 0 Å². The molecule has 2 aromatic carbocycles. The van der Waals surface area contributed by atoms with E-state index in [1.165, 1.54) is 31.4 Å². The number of hydrogen-bond acceptors (Lipinski definition) is 5. The summed E-state index contributed by atoms with van der Waals surface area (Å²) in [7, 11) is -2.81. The van der Waals surface area contributed by atoms with Gasteiger partial charge in [0.15, 0.2) is 0 Å². The summed E-state index contributed by atoms with van der Waals surface area (Å²) in [6.45, 7) is 3.25. The van der Waals surface area contributed by atoms with Crippen molar-refractivity contribution in [2.45, 2.75) is 18.7 Å². The third kappa shape index (κ3) is 3.97. The minimum atomic E-state index is -4.04. The number of carbonyl (C=O) groups excluding carboxylic acids is 1. The standard InChI is InChI=1S/C17H17NO6S/c1-10-4-7-13(17(21)24-3)8-14(10)18-25(22,23)15-9-12(16(19)20)6-5-11(15)2/h4-9,18H,1-3H3,(H,19,20). The zero-order valence-corrected chi connectivity index (χ0v) is 14.7. The van der Waals surface area contributed by atoms with Crippen molar-refractivity contribution in [2.75, 3.05) is 11.8 Å². The number of ether oxygens (including phenoxy) is 1. The fourth-order valence-corrected chi connectivity index (χ4v) is 3.59. The van der Waals surface area contributed by atoms with Crippen LogP contribution in [0, 0.1) is 13.8 Å². The van der Waals surface area contributed by atoms with Crippen molar-refractivity contribution < 1.29 is 27.9 Å². The quantitative estimate of drug-likeness (QED) is 0.790. The zero-order chi connectivity index (χ0) is 18.8. The number of nitrogens with one attached hydrogen (secondary N) is 1. The van der Waals surface area contributed by atoms with Gasteiger partial charge < -0.3 is 9.84 Å². The molecule has 0 aliphatic carbocycles. The summed E-state index contributed by atoms with van der Waals surface area (Å²) in [6.07, 6.45) is 0. The van der Waals surface area contributed by atoms with E-state index in [4.69, 9.17) is 5.11 Å². The molecule has 0 amide bonds. The Morgan fingerprint density at radius 1 is 1.00 bits per heavy atom. The predicted octanol–water partition coefficient (Wildman–Crippen LogP) is 2.59. The third-order valence-corrected chi connectivity index (χ3v) is 5.14. The summed E-state index contributed by atoms with van der Waals surface area (Å²) in [4.78, 5) is 22.6. The van der Waals surface area contributed by atoms with Gasteiger partial charge in [-0.2, -0.15) is 0 Å². The molecule has 2 aromatic rings. The van der Waals surface area contributed by atoms with E-state index in [0.29, 0.717) is 11.1 Å². The molecule has 132 valence electrons. The second-order valence-corrected chi connectivity index (χ2v) is 7.06. The van der Waals surface area contributed by atoms with Gasteiger partial charge in [0.1, 0.15) is 0 Å². The molecule has 0 saturated heterocycles. The van der Waals surface area contributed by atoms with E-state index in [-0.39, 0.29) is 21.7 Å². The van der Waals surface area contributed by atoms with E-state index in [1.54, 1.807) is 19.9 Å². The summed E-state index contributed by atoms with van der Waals surface area (Å²) in [6, 6.07) is 8.34. The number of benzene rings is 2. The molecule has 7 nitrogen and oxygen atoms in total. The second kappa shape index (κ2) is 6.94. The summed E-state index contributed by atoms with van der Waals surface area (Å²) in [5.41, 5.74) is 1.28. The SMILES string of the molecule is COC(=O)c1ccc(C)c(NS(=O)(=O)c2cc(C(=O)O)ccc2C)c1. The number of carbonyl (C=O) groups is 2. The topological polar surface area (TPSA) is 110 Å². The fraction of sp³-hybridized carbons (Fsp3) is 0.176. The number of aryl methyl sites for hydroxylation is 2. The lowest BCUT2D eigenvalue weighted by molar-refractivity contribution is 0.0600. The average Bonchev–Trinajstić information content (AvgIpc) is 2.55. The number of esters is 1. The fourth-order valence-electron chi connectivity index (χ4n) is 2.20. The maximum Gasteiger partial charge on any atom is 0.337 e. The van der Waals surface area contributed by atoms with Crippen LogP contribution >= 0.6 is 0 Å². The van der Waals surface area contributed by atoms with Gasteiger partial charge in [-0.3, -0.25) is 4.72 Å². The zero-order valence-electron chi connectivity index (χ0n) is 13.9. The number of aromatic carboxylic acids is 1. The van der Waals surface area contributed by atoms with Crippen LogP contribution in [0.15, 0.2) is 41.3 Å². The minimum absolute atomic E-state index is 0.133. The predicted molar refractivity (Wildman–Crippen MR) is 91.5 cm³/mol. The Labute approximate surface area is 145 Å². The molecule has 0 radical (unpaired) electrons. The number of carboxylic acids is 1. The molecule has 0 unspecified atom stereocenters. The van der Waals surface area contributed by atoms with Crippen LogP contribution < -0.4 is 4.72 Å². The Kier molecular flexibility index (Phi) is 5.13. The first kappa shape index (κ1) is 18.5. The molecule has 0 saturated carbocycles. The maximum absolute atomic E-state index is 12.7. The van der Waals surface area contributed by atoms with Crippen molar-refractivity contribution in [3.63, 3.8) is 0 Å². The van der Waals surface area contributed by atoms with Crippen LogP contribution in [-0.4, -0.2) is 32.6 Å². The van der Waals surface area contributed by atoms with Crippen LogP contribution in [0.1, 0.15) is 31.8 Å². The molecule has 0 fully saturated rings. The van der Waals surface area contributed by atoms with Crippen LogP contribution in [-0.2, 0) is 14.8 Å². The molecular formula is C17H17NO6S. The van der Waals surface area contributed by atoms with E-state index in [9.17, 15) is 18.0 Å². The van der Waals surface area contributed by atoms with E-state index >= 15 is 0 Å². The molecule has 0 aliphatic heterocycles. The highest BCUT2D eigenvalue weighted by Crippen LogP contribution is 2.24. The monoisotopic (exact) mass is 363 g/mol. The van der Waals surface area contributed by atoms with Gasteiger partial charge in [0, 0.05) is 0 Å². The summed E-state index contributed by atoms with van der Waals surface area (Å²) in [5.74, 6) is -1.81. The van der Waals surface area contributed by atoms with Gasteiger partial charge in [-0.25, -0.2) is 18.0 Å². The number of methoxy groups -OCH3 is 1. The minimum Gasteiger partial charge on any atom is -0.478 e. The maximum atomic E-state index is 12.7. The third-order valence-electron chi connectivity index (χ3n) is 3.63. The van der Waals surface area contributed by atoms with Crippen molar-refractivity contribution in [3.8, 4) is 0 Å². The Hall–Kier alpha value is -2.87. The molecule has 2 N–H and O–H groups in total. The molecule has 0 aromatic heterocycles. The molecule has 25 heavy (non-hydrogen) atoms. The van der Waals surface area contributed by atoms with Crippen molar-refractivity contribution in [2.24, 2.45) is 0 Å². The second-order valence-electron chi connectivity index (χ2n) is 5.41.